The molecule has 0 spiro atoms. The summed E-state index contributed by atoms with van der Waals surface area (Å²) in [6.45, 7) is 3.79. The van der Waals surface area contributed by atoms with Crippen molar-refractivity contribution < 1.29 is 4.74 Å². The summed E-state index contributed by atoms with van der Waals surface area (Å²) in [7, 11) is 0. The molecule has 15 heavy (non-hydrogen) atoms. The summed E-state index contributed by atoms with van der Waals surface area (Å²) in [5, 5.41) is 0. The summed E-state index contributed by atoms with van der Waals surface area (Å²) in [5.74, 6) is 0. The second-order valence-corrected chi connectivity index (χ2v) is 5.67. The SMILES string of the molecule is CCc1ccc(CC2(N)CCCOC2)s1. The number of nitrogens with two attached hydrogens (primary N) is 1. The van der Waals surface area contributed by atoms with Gasteiger partial charge in [0.2, 0.25) is 0 Å². The molecule has 0 bridgehead atoms. The van der Waals surface area contributed by atoms with Gasteiger partial charge in [-0.15, -0.1) is 11.3 Å². The molecular weight excluding hydrogens is 206 g/mol. The first-order chi connectivity index (χ1) is 7.22. The predicted molar refractivity (Wildman–Crippen MR) is 64.4 cm³/mol. The van der Waals surface area contributed by atoms with E-state index in [1.165, 1.54) is 9.75 Å². The van der Waals surface area contributed by atoms with E-state index in [0.717, 1.165) is 32.3 Å². The lowest BCUT2D eigenvalue weighted by Gasteiger charge is -2.32. The highest BCUT2D eigenvalue weighted by Crippen LogP contribution is 2.25. The molecule has 2 rings (SSSR count). The maximum Gasteiger partial charge on any atom is 0.0649 e. The fourth-order valence-corrected chi connectivity index (χ4v) is 3.18. The summed E-state index contributed by atoms with van der Waals surface area (Å²) >= 11 is 1.89. The Balaban J connectivity index is 2.00. The van der Waals surface area contributed by atoms with E-state index in [-0.39, 0.29) is 5.54 Å². The molecule has 2 nitrogen and oxygen atoms in total. The molecule has 1 saturated heterocycles. The number of rotatable bonds is 3. The average molecular weight is 225 g/mol. The summed E-state index contributed by atoms with van der Waals surface area (Å²) in [4.78, 5) is 2.85. The molecule has 1 aliphatic heterocycles. The van der Waals surface area contributed by atoms with Crippen LogP contribution in [0.3, 0.4) is 0 Å². The van der Waals surface area contributed by atoms with Crippen molar-refractivity contribution in [3.63, 3.8) is 0 Å². The number of hydrogen-bond donors (Lipinski definition) is 1. The zero-order valence-corrected chi connectivity index (χ0v) is 10.1. The Morgan fingerprint density at radius 1 is 1.47 bits per heavy atom. The van der Waals surface area contributed by atoms with Gasteiger partial charge in [0.15, 0.2) is 0 Å². The summed E-state index contributed by atoms with van der Waals surface area (Å²) in [5.41, 5.74) is 6.21. The van der Waals surface area contributed by atoms with Crippen LogP contribution in [0.4, 0.5) is 0 Å². The summed E-state index contributed by atoms with van der Waals surface area (Å²) in [6.07, 6.45) is 4.28. The van der Waals surface area contributed by atoms with Crippen LogP contribution in [0.5, 0.6) is 0 Å². The van der Waals surface area contributed by atoms with Gasteiger partial charge in [0.25, 0.3) is 0 Å². The van der Waals surface area contributed by atoms with Crippen LogP contribution in [0.2, 0.25) is 0 Å². The van der Waals surface area contributed by atoms with Gasteiger partial charge in [-0.3, -0.25) is 0 Å². The quantitative estimate of drug-likeness (QED) is 0.857. The number of ether oxygens (including phenoxy) is 1. The Bertz CT molecular complexity index is 315. The molecule has 1 fully saturated rings. The molecule has 3 heteroatoms. The largest absolute Gasteiger partial charge is 0.380 e. The van der Waals surface area contributed by atoms with Gasteiger partial charge in [-0.05, 0) is 31.4 Å². The first-order valence-electron chi connectivity index (χ1n) is 5.66. The van der Waals surface area contributed by atoms with Crippen LogP contribution in [0.1, 0.15) is 29.5 Å². The van der Waals surface area contributed by atoms with E-state index in [4.69, 9.17) is 10.5 Å². The smallest absolute Gasteiger partial charge is 0.0649 e. The van der Waals surface area contributed by atoms with Gasteiger partial charge in [0.05, 0.1) is 6.61 Å². The Morgan fingerprint density at radius 2 is 2.27 bits per heavy atom. The fraction of sp³-hybridized carbons (Fsp3) is 0.667. The van der Waals surface area contributed by atoms with E-state index in [0.29, 0.717) is 6.61 Å². The molecule has 0 amide bonds. The van der Waals surface area contributed by atoms with Crippen LogP contribution in [0.25, 0.3) is 0 Å². The van der Waals surface area contributed by atoms with E-state index < -0.39 is 0 Å². The van der Waals surface area contributed by atoms with E-state index in [9.17, 15) is 0 Å². The average Bonchev–Trinajstić information content (AvgIpc) is 2.66. The minimum absolute atomic E-state index is 0.117. The molecule has 1 aliphatic rings. The van der Waals surface area contributed by atoms with E-state index in [2.05, 4.69) is 19.1 Å². The van der Waals surface area contributed by atoms with Crippen molar-refractivity contribution >= 4 is 11.3 Å². The Morgan fingerprint density at radius 3 is 2.87 bits per heavy atom. The van der Waals surface area contributed by atoms with Gasteiger partial charge in [0.1, 0.15) is 0 Å². The van der Waals surface area contributed by atoms with Crippen molar-refractivity contribution in [1.82, 2.24) is 0 Å². The van der Waals surface area contributed by atoms with Gasteiger partial charge in [-0.2, -0.15) is 0 Å². The molecule has 1 atom stereocenters. The molecule has 0 aliphatic carbocycles. The number of thiophene rings is 1. The van der Waals surface area contributed by atoms with Crippen molar-refractivity contribution in [2.24, 2.45) is 5.73 Å². The van der Waals surface area contributed by atoms with Crippen LogP contribution in [-0.4, -0.2) is 18.8 Å². The normalized spacial score (nSPS) is 26.8. The van der Waals surface area contributed by atoms with Crippen LogP contribution < -0.4 is 5.73 Å². The minimum Gasteiger partial charge on any atom is -0.380 e. The zero-order chi connectivity index (χ0) is 10.7. The predicted octanol–water partition coefficient (Wildman–Crippen LogP) is 2.36. The summed E-state index contributed by atoms with van der Waals surface area (Å²) in [6, 6.07) is 4.43. The van der Waals surface area contributed by atoms with Crippen LogP contribution in [-0.2, 0) is 17.6 Å². The Kier molecular flexibility index (Phi) is 3.44. The second kappa shape index (κ2) is 4.64. The highest BCUT2D eigenvalue weighted by Gasteiger charge is 2.28. The Hall–Kier alpha value is -0.380. The van der Waals surface area contributed by atoms with E-state index in [1.54, 1.807) is 0 Å². The van der Waals surface area contributed by atoms with Crippen LogP contribution in [0.15, 0.2) is 12.1 Å². The maximum atomic E-state index is 6.32. The first kappa shape index (κ1) is 11.1. The summed E-state index contributed by atoms with van der Waals surface area (Å²) < 4.78 is 5.47. The van der Waals surface area contributed by atoms with E-state index in [1.807, 2.05) is 11.3 Å². The standard InChI is InChI=1S/C12H19NOS/c1-2-10-4-5-11(15-10)8-12(13)6-3-7-14-9-12/h4-5H,2-3,6-9,13H2,1H3. The molecule has 84 valence electrons. The third-order valence-corrected chi connectivity index (χ3v) is 4.17. The Labute approximate surface area is 95.4 Å². The fourth-order valence-electron chi connectivity index (χ4n) is 2.07. The zero-order valence-electron chi connectivity index (χ0n) is 9.29. The van der Waals surface area contributed by atoms with Crippen molar-refractivity contribution in [1.29, 1.82) is 0 Å². The molecule has 1 unspecified atom stereocenters. The van der Waals surface area contributed by atoms with Gasteiger partial charge in [-0.1, -0.05) is 6.92 Å². The lowest BCUT2D eigenvalue weighted by molar-refractivity contribution is 0.0385. The van der Waals surface area contributed by atoms with Crippen molar-refractivity contribution in [3.05, 3.63) is 21.9 Å². The molecule has 2 heterocycles. The molecule has 0 radical (unpaired) electrons. The third-order valence-electron chi connectivity index (χ3n) is 2.94. The van der Waals surface area contributed by atoms with Crippen LogP contribution in [0, 0.1) is 0 Å². The van der Waals surface area contributed by atoms with Gasteiger partial charge in [0, 0.05) is 28.3 Å². The highest BCUT2D eigenvalue weighted by molar-refractivity contribution is 7.12. The maximum absolute atomic E-state index is 6.32. The van der Waals surface area contributed by atoms with Crippen molar-refractivity contribution in [3.8, 4) is 0 Å². The monoisotopic (exact) mass is 225 g/mol. The first-order valence-corrected chi connectivity index (χ1v) is 6.48. The minimum atomic E-state index is -0.117. The van der Waals surface area contributed by atoms with Gasteiger partial charge >= 0.3 is 0 Å². The van der Waals surface area contributed by atoms with Gasteiger partial charge < -0.3 is 10.5 Å². The van der Waals surface area contributed by atoms with Crippen LogP contribution >= 0.6 is 11.3 Å². The molecule has 1 aromatic heterocycles. The molecule has 2 N–H and O–H groups in total. The van der Waals surface area contributed by atoms with Gasteiger partial charge in [-0.25, -0.2) is 0 Å². The lowest BCUT2D eigenvalue weighted by atomic mass is 9.89. The van der Waals surface area contributed by atoms with E-state index >= 15 is 0 Å². The molecule has 0 aromatic carbocycles. The third kappa shape index (κ3) is 2.80. The second-order valence-electron chi connectivity index (χ2n) is 4.42. The topological polar surface area (TPSA) is 35.2 Å². The number of aryl methyl sites for hydroxylation is 1. The van der Waals surface area contributed by atoms with Crippen molar-refractivity contribution in [2.75, 3.05) is 13.2 Å². The van der Waals surface area contributed by atoms with Crippen molar-refractivity contribution in [2.45, 2.75) is 38.1 Å². The highest BCUT2D eigenvalue weighted by atomic mass is 32.1. The number of hydrogen-bond acceptors (Lipinski definition) is 3. The molecule has 1 aromatic rings. The lowest BCUT2D eigenvalue weighted by Crippen LogP contribution is -2.49. The molecule has 0 saturated carbocycles. The molecular formula is C12H19NOS.